The lowest BCUT2D eigenvalue weighted by Crippen LogP contribution is -2.13. The quantitative estimate of drug-likeness (QED) is 0.652. The van der Waals surface area contributed by atoms with Crippen molar-refractivity contribution in [2.24, 2.45) is 5.73 Å². The van der Waals surface area contributed by atoms with Crippen LogP contribution in [-0.4, -0.2) is 28.8 Å². The second-order valence-electron chi connectivity index (χ2n) is 4.11. The largest absolute Gasteiger partial charge is 0.486 e. The number of aromatic amines is 1. The Balaban J connectivity index is 2.08. The van der Waals surface area contributed by atoms with E-state index in [1.54, 1.807) is 12.1 Å². The Labute approximate surface area is 114 Å². The number of aromatic nitrogens is 2. The van der Waals surface area contributed by atoms with Crippen molar-refractivity contribution >= 4 is 18.0 Å². The Hall–Kier alpha value is -2.83. The zero-order chi connectivity index (χ0) is 14.5. The molecule has 1 aromatic carbocycles. The number of nitrogens with two attached hydrogens (primary N) is 2. The molecule has 104 valence electrons. The molecule has 0 radical (unpaired) electrons. The highest BCUT2D eigenvalue weighted by Crippen LogP contribution is 2.15. The monoisotopic (exact) mass is 274 g/mol. The number of H-pyrrole nitrogens is 1. The number of nitrogens with one attached hydrogen (secondary N) is 1. The first-order valence-electron chi connectivity index (χ1n) is 5.89. The lowest BCUT2D eigenvalue weighted by molar-refractivity contribution is -0.109. The van der Waals surface area contributed by atoms with Crippen LogP contribution in [0.4, 0.5) is 5.82 Å². The summed E-state index contributed by atoms with van der Waals surface area (Å²) < 4.78 is 5.14. The molecule has 0 saturated carbocycles. The molecule has 2 aromatic rings. The number of nitrogen functional groups attached to an aromatic ring is 1. The van der Waals surface area contributed by atoms with Crippen LogP contribution >= 0.6 is 0 Å². The van der Waals surface area contributed by atoms with E-state index in [2.05, 4.69) is 9.97 Å². The minimum atomic E-state index is -0.664. The van der Waals surface area contributed by atoms with Crippen LogP contribution in [-0.2, 0) is 11.2 Å². The Morgan fingerprint density at radius 1 is 1.35 bits per heavy atom. The highest BCUT2D eigenvalue weighted by molar-refractivity contribution is 5.95. The van der Waals surface area contributed by atoms with Gasteiger partial charge in [0.05, 0.1) is 0 Å². The van der Waals surface area contributed by atoms with Gasteiger partial charge in [-0.15, -0.1) is 0 Å². The lowest BCUT2D eigenvalue weighted by atomic mass is 10.1. The number of carbonyl (C=O) groups is 2. The SMILES string of the molecule is NC(=O)c1nc(Cc2ccc(OCC=O)cc2)[nH]c1N. The molecule has 0 aliphatic rings. The third-order valence-corrected chi connectivity index (χ3v) is 2.63. The van der Waals surface area contributed by atoms with Crippen LogP contribution in [0.2, 0.25) is 0 Å². The molecule has 1 aromatic heterocycles. The molecule has 0 bridgehead atoms. The molecule has 1 heterocycles. The molecule has 0 unspecified atom stereocenters. The van der Waals surface area contributed by atoms with Crippen LogP contribution in [0.3, 0.4) is 0 Å². The minimum absolute atomic E-state index is 0.0238. The summed E-state index contributed by atoms with van der Waals surface area (Å²) >= 11 is 0. The fourth-order valence-electron chi connectivity index (χ4n) is 1.74. The number of anilines is 1. The second kappa shape index (κ2) is 5.87. The number of ether oxygens (including phenoxy) is 1. The first kappa shape index (κ1) is 13.6. The summed E-state index contributed by atoms with van der Waals surface area (Å²) in [5.74, 6) is 0.663. The highest BCUT2D eigenvalue weighted by atomic mass is 16.5. The summed E-state index contributed by atoms with van der Waals surface area (Å²) in [4.78, 5) is 28.1. The number of hydrogen-bond acceptors (Lipinski definition) is 5. The summed E-state index contributed by atoms with van der Waals surface area (Å²) in [7, 11) is 0. The molecule has 7 heteroatoms. The van der Waals surface area contributed by atoms with Crippen molar-refractivity contribution in [3.05, 3.63) is 41.3 Å². The van der Waals surface area contributed by atoms with Crippen molar-refractivity contribution in [1.29, 1.82) is 0 Å². The smallest absolute Gasteiger partial charge is 0.271 e. The second-order valence-corrected chi connectivity index (χ2v) is 4.11. The van der Waals surface area contributed by atoms with Gasteiger partial charge in [-0.05, 0) is 17.7 Å². The van der Waals surface area contributed by atoms with E-state index >= 15 is 0 Å². The average Bonchev–Trinajstić information content (AvgIpc) is 2.79. The van der Waals surface area contributed by atoms with Gasteiger partial charge in [0.2, 0.25) is 0 Å². The zero-order valence-corrected chi connectivity index (χ0v) is 10.6. The van der Waals surface area contributed by atoms with Gasteiger partial charge in [-0.25, -0.2) is 4.98 Å². The molecular weight excluding hydrogens is 260 g/mol. The predicted molar refractivity (Wildman–Crippen MR) is 72.3 cm³/mol. The molecule has 0 fully saturated rings. The van der Waals surface area contributed by atoms with Crippen molar-refractivity contribution < 1.29 is 14.3 Å². The van der Waals surface area contributed by atoms with Gasteiger partial charge in [0.25, 0.3) is 5.91 Å². The molecular formula is C13H14N4O3. The van der Waals surface area contributed by atoms with Gasteiger partial charge in [0, 0.05) is 6.42 Å². The molecule has 2 rings (SSSR count). The summed E-state index contributed by atoms with van der Waals surface area (Å²) in [6, 6.07) is 7.17. The fraction of sp³-hybridized carbons (Fsp3) is 0.154. The third kappa shape index (κ3) is 3.14. The Morgan fingerprint density at radius 2 is 2.05 bits per heavy atom. The average molecular weight is 274 g/mol. The van der Waals surface area contributed by atoms with Gasteiger partial charge in [0.1, 0.15) is 24.0 Å². The van der Waals surface area contributed by atoms with Gasteiger partial charge in [0.15, 0.2) is 12.0 Å². The predicted octanol–water partition coefficient (Wildman–Crippen LogP) is 0.259. The van der Waals surface area contributed by atoms with Crippen molar-refractivity contribution in [2.75, 3.05) is 12.3 Å². The molecule has 0 atom stereocenters. The molecule has 7 nitrogen and oxygen atoms in total. The Kier molecular flexibility index (Phi) is 3.99. The van der Waals surface area contributed by atoms with Crippen molar-refractivity contribution in [3.63, 3.8) is 0 Å². The summed E-state index contributed by atoms with van der Waals surface area (Å²) in [5.41, 5.74) is 11.7. The maximum atomic E-state index is 11.0. The van der Waals surface area contributed by atoms with Crippen LogP contribution in [0.1, 0.15) is 21.9 Å². The van der Waals surface area contributed by atoms with E-state index < -0.39 is 5.91 Å². The number of aldehydes is 1. The number of imidazole rings is 1. The van der Waals surface area contributed by atoms with E-state index in [1.165, 1.54) is 0 Å². The van der Waals surface area contributed by atoms with E-state index in [1.807, 2.05) is 12.1 Å². The maximum Gasteiger partial charge on any atom is 0.271 e. The zero-order valence-electron chi connectivity index (χ0n) is 10.6. The highest BCUT2D eigenvalue weighted by Gasteiger charge is 2.12. The summed E-state index contributed by atoms with van der Waals surface area (Å²) in [5, 5.41) is 0. The fourth-order valence-corrected chi connectivity index (χ4v) is 1.74. The topological polar surface area (TPSA) is 124 Å². The van der Waals surface area contributed by atoms with Gasteiger partial charge in [-0.3, -0.25) is 9.59 Å². The molecule has 0 aliphatic heterocycles. The van der Waals surface area contributed by atoms with Crippen LogP contribution in [0, 0.1) is 0 Å². The molecule has 0 aliphatic carbocycles. The first-order chi connectivity index (χ1) is 9.60. The number of hydrogen-bond donors (Lipinski definition) is 3. The molecule has 0 saturated heterocycles. The van der Waals surface area contributed by atoms with Gasteiger partial charge in [-0.2, -0.15) is 0 Å². The number of nitrogens with zero attached hydrogens (tertiary/aromatic N) is 1. The standard InChI is InChI=1S/C13H14N4O3/c14-12-11(13(15)19)16-10(17-12)7-8-1-3-9(4-2-8)20-6-5-18/h1-5H,6-7,14H2,(H2,15,19)(H,16,17). The van der Waals surface area contributed by atoms with E-state index in [9.17, 15) is 9.59 Å². The normalized spacial score (nSPS) is 10.2. The van der Waals surface area contributed by atoms with E-state index in [0.29, 0.717) is 24.3 Å². The van der Waals surface area contributed by atoms with Crippen LogP contribution in [0.25, 0.3) is 0 Å². The number of carbonyl (C=O) groups excluding carboxylic acids is 2. The Bertz CT molecular complexity index is 619. The number of primary amides is 1. The van der Waals surface area contributed by atoms with Crippen molar-refractivity contribution in [3.8, 4) is 5.75 Å². The van der Waals surface area contributed by atoms with E-state index in [-0.39, 0.29) is 18.1 Å². The van der Waals surface area contributed by atoms with Crippen molar-refractivity contribution in [1.82, 2.24) is 9.97 Å². The summed E-state index contributed by atoms with van der Waals surface area (Å²) in [6.45, 7) is 0.0238. The van der Waals surface area contributed by atoms with E-state index in [4.69, 9.17) is 16.2 Å². The van der Waals surface area contributed by atoms with Crippen LogP contribution in [0.15, 0.2) is 24.3 Å². The van der Waals surface area contributed by atoms with Gasteiger partial charge < -0.3 is 21.2 Å². The van der Waals surface area contributed by atoms with Gasteiger partial charge in [-0.1, -0.05) is 12.1 Å². The van der Waals surface area contributed by atoms with Crippen LogP contribution < -0.4 is 16.2 Å². The number of amides is 1. The lowest BCUT2D eigenvalue weighted by Gasteiger charge is -2.03. The number of benzene rings is 1. The molecule has 20 heavy (non-hydrogen) atoms. The van der Waals surface area contributed by atoms with Crippen LogP contribution in [0.5, 0.6) is 5.75 Å². The van der Waals surface area contributed by atoms with Crippen molar-refractivity contribution in [2.45, 2.75) is 6.42 Å². The maximum absolute atomic E-state index is 11.0. The third-order valence-electron chi connectivity index (χ3n) is 2.63. The first-order valence-corrected chi connectivity index (χ1v) is 5.89. The number of rotatable bonds is 6. The molecule has 5 N–H and O–H groups in total. The Morgan fingerprint density at radius 3 is 2.60 bits per heavy atom. The van der Waals surface area contributed by atoms with Gasteiger partial charge >= 0.3 is 0 Å². The van der Waals surface area contributed by atoms with E-state index in [0.717, 1.165) is 5.56 Å². The summed E-state index contributed by atoms with van der Waals surface area (Å²) in [6.07, 6.45) is 1.16. The molecule has 1 amide bonds. The minimum Gasteiger partial charge on any atom is -0.486 e. The molecule has 0 spiro atoms.